The summed E-state index contributed by atoms with van der Waals surface area (Å²) in [5.74, 6) is 1.73. The van der Waals surface area contributed by atoms with Crippen LogP contribution in [0.2, 0.25) is 0 Å². The summed E-state index contributed by atoms with van der Waals surface area (Å²) in [6.07, 6.45) is 4.15. The van der Waals surface area contributed by atoms with E-state index >= 15 is 0 Å². The molecule has 0 radical (unpaired) electrons. The highest BCUT2D eigenvalue weighted by Gasteiger charge is 2.28. The molecule has 3 atom stereocenters. The summed E-state index contributed by atoms with van der Waals surface area (Å²) < 4.78 is 0. The van der Waals surface area contributed by atoms with E-state index in [1.807, 2.05) is 11.3 Å². The second-order valence-electron chi connectivity index (χ2n) is 6.74. The van der Waals surface area contributed by atoms with Crippen LogP contribution in [0.5, 0.6) is 0 Å². The molecule has 1 aliphatic rings. The molecule has 1 nitrogen and oxygen atoms in total. The van der Waals surface area contributed by atoms with Crippen LogP contribution in [-0.2, 0) is 5.41 Å². The Morgan fingerprint density at radius 2 is 2.11 bits per heavy atom. The maximum atomic E-state index is 3.84. The molecular formula is C16H27NS. The Balaban J connectivity index is 1.90. The minimum absolute atomic E-state index is 0.259. The molecule has 1 N–H and O–H groups in total. The minimum Gasteiger partial charge on any atom is -0.313 e. The Morgan fingerprint density at radius 1 is 1.33 bits per heavy atom. The molecule has 102 valence electrons. The van der Waals surface area contributed by atoms with Crippen LogP contribution in [0.1, 0.15) is 51.8 Å². The second kappa shape index (κ2) is 5.75. The van der Waals surface area contributed by atoms with Crippen molar-refractivity contribution < 1.29 is 0 Å². The largest absolute Gasteiger partial charge is 0.313 e. The Morgan fingerprint density at radius 3 is 2.78 bits per heavy atom. The molecule has 1 aromatic heterocycles. The molecule has 0 spiro atoms. The predicted octanol–water partition coefficient (Wildman–Crippen LogP) is 4.44. The van der Waals surface area contributed by atoms with Gasteiger partial charge in [0.1, 0.15) is 0 Å². The lowest BCUT2D eigenvalue weighted by atomic mass is 9.79. The van der Waals surface area contributed by atoms with Gasteiger partial charge in [-0.1, -0.05) is 40.2 Å². The van der Waals surface area contributed by atoms with Crippen molar-refractivity contribution in [3.63, 3.8) is 0 Å². The van der Waals surface area contributed by atoms with E-state index in [2.05, 4.69) is 50.5 Å². The van der Waals surface area contributed by atoms with Gasteiger partial charge >= 0.3 is 0 Å². The van der Waals surface area contributed by atoms with Crippen LogP contribution in [0.4, 0.5) is 0 Å². The third kappa shape index (κ3) is 3.36. The Bertz CT molecular complexity index is 355. The Kier molecular flexibility index (Phi) is 4.50. The molecule has 2 rings (SSSR count). The van der Waals surface area contributed by atoms with Gasteiger partial charge in [0.25, 0.3) is 0 Å². The molecule has 0 saturated heterocycles. The van der Waals surface area contributed by atoms with E-state index in [-0.39, 0.29) is 5.41 Å². The first-order valence-corrected chi connectivity index (χ1v) is 8.14. The predicted molar refractivity (Wildman–Crippen MR) is 81.3 cm³/mol. The van der Waals surface area contributed by atoms with E-state index in [0.717, 1.165) is 18.4 Å². The fraction of sp³-hybridized carbons (Fsp3) is 0.750. The van der Waals surface area contributed by atoms with Crippen LogP contribution in [0.25, 0.3) is 0 Å². The summed E-state index contributed by atoms with van der Waals surface area (Å²) >= 11 is 1.88. The fourth-order valence-corrected chi connectivity index (χ4v) is 3.81. The van der Waals surface area contributed by atoms with Crippen molar-refractivity contribution in [2.75, 3.05) is 6.54 Å². The first kappa shape index (κ1) is 14.1. The zero-order valence-corrected chi connectivity index (χ0v) is 13.0. The smallest absolute Gasteiger partial charge is 0.0115 e. The average molecular weight is 265 g/mol. The van der Waals surface area contributed by atoms with Crippen LogP contribution in [0, 0.1) is 11.8 Å². The van der Waals surface area contributed by atoms with Crippen LogP contribution >= 0.6 is 11.3 Å². The summed E-state index contributed by atoms with van der Waals surface area (Å²) in [4.78, 5) is 1.49. The maximum Gasteiger partial charge on any atom is 0.0115 e. The van der Waals surface area contributed by atoms with Crippen molar-refractivity contribution in [3.8, 4) is 0 Å². The van der Waals surface area contributed by atoms with Gasteiger partial charge in [-0.3, -0.25) is 0 Å². The summed E-state index contributed by atoms with van der Waals surface area (Å²) in [5, 5.41) is 6.02. The van der Waals surface area contributed by atoms with Crippen molar-refractivity contribution in [3.05, 3.63) is 22.4 Å². The van der Waals surface area contributed by atoms with Crippen LogP contribution in [0.3, 0.4) is 0 Å². The fourth-order valence-electron chi connectivity index (χ4n) is 2.95. The molecular weight excluding hydrogens is 238 g/mol. The zero-order valence-electron chi connectivity index (χ0n) is 12.2. The molecule has 2 heteroatoms. The van der Waals surface area contributed by atoms with Crippen molar-refractivity contribution in [2.24, 2.45) is 11.8 Å². The van der Waals surface area contributed by atoms with Crippen molar-refractivity contribution in [1.29, 1.82) is 0 Å². The standard InChI is InChI=1S/C16H27NS/c1-12-7-8-13(2)14(10-12)17-11-16(3,4)15-6-5-9-18-15/h5-6,9,12-14,17H,7-8,10-11H2,1-4H3. The van der Waals surface area contributed by atoms with Crippen LogP contribution < -0.4 is 5.32 Å². The highest BCUT2D eigenvalue weighted by atomic mass is 32.1. The Hall–Kier alpha value is -0.340. The monoisotopic (exact) mass is 265 g/mol. The van der Waals surface area contributed by atoms with Gasteiger partial charge in [0.2, 0.25) is 0 Å². The normalized spacial score (nSPS) is 29.4. The van der Waals surface area contributed by atoms with E-state index in [1.165, 1.54) is 24.1 Å². The van der Waals surface area contributed by atoms with E-state index in [4.69, 9.17) is 0 Å². The van der Waals surface area contributed by atoms with Crippen molar-refractivity contribution in [2.45, 2.75) is 58.4 Å². The highest BCUT2D eigenvalue weighted by Crippen LogP contribution is 2.31. The third-order valence-electron chi connectivity index (χ3n) is 4.45. The lowest BCUT2D eigenvalue weighted by Crippen LogP contribution is -2.44. The number of rotatable bonds is 4. The molecule has 0 bridgehead atoms. The summed E-state index contributed by atoms with van der Waals surface area (Å²) in [5.41, 5.74) is 0.259. The SMILES string of the molecule is CC1CCC(C)C(NCC(C)(C)c2cccs2)C1. The van der Waals surface area contributed by atoms with Crippen molar-refractivity contribution in [1.82, 2.24) is 5.32 Å². The van der Waals surface area contributed by atoms with E-state index < -0.39 is 0 Å². The van der Waals surface area contributed by atoms with Gasteiger partial charge in [0.15, 0.2) is 0 Å². The average Bonchev–Trinajstić information content (AvgIpc) is 2.85. The van der Waals surface area contributed by atoms with E-state index in [1.54, 1.807) is 0 Å². The minimum atomic E-state index is 0.259. The lowest BCUT2D eigenvalue weighted by Gasteiger charge is -2.36. The summed E-state index contributed by atoms with van der Waals surface area (Å²) in [6, 6.07) is 5.14. The van der Waals surface area contributed by atoms with Gasteiger partial charge in [-0.25, -0.2) is 0 Å². The maximum absolute atomic E-state index is 3.84. The van der Waals surface area contributed by atoms with Gasteiger partial charge in [-0.2, -0.15) is 0 Å². The van der Waals surface area contributed by atoms with Crippen LogP contribution in [0.15, 0.2) is 17.5 Å². The lowest BCUT2D eigenvalue weighted by molar-refractivity contribution is 0.220. The van der Waals surface area contributed by atoms with Gasteiger partial charge in [0.05, 0.1) is 0 Å². The Labute approximate surface area is 116 Å². The third-order valence-corrected chi connectivity index (χ3v) is 5.69. The van der Waals surface area contributed by atoms with Gasteiger partial charge in [0, 0.05) is 22.9 Å². The number of hydrogen-bond acceptors (Lipinski definition) is 2. The molecule has 1 aromatic rings. The summed E-state index contributed by atoms with van der Waals surface area (Å²) in [6.45, 7) is 10.6. The first-order valence-electron chi connectivity index (χ1n) is 7.26. The molecule has 1 saturated carbocycles. The molecule has 1 heterocycles. The second-order valence-corrected chi connectivity index (χ2v) is 7.69. The van der Waals surface area contributed by atoms with Gasteiger partial charge < -0.3 is 5.32 Å². The number of nitrogens with one attached hydrogen (secondary N) is 1. The molecule has 1 aliphatic carbocycles. The number of hydrogen-bond donors (Lipinski definition) is 1. The van der Waals surface area contributed by atoms with Crippen molar-refractivity contribution >= 4 is 11.3 Å². The molecule has 0 aliphatic heterocycles. The van der Waals surface area contributed by atoms with E-state index in [9.17, 15) is 0 Å². The molecule has 0 aromatic carbocycles. The molecule has 0 amide bonds. The first-order chi connectivity index (χ1) is 8.49. The number of thiophene rings is 1. The topological polar surface area (TPSA) is 12.0 Å². The van der Waals surface area contributed by atoms with Gasteiger partial charge in [-0.15, -0.1) is 11.3 Å². The quantitative estimate of drug-likeness (QED) is 0.848. The molecule has 18 heavy (non-hydrogen) atoms. The van der Waals surface area contributed by atoms with Gasteiger partial charge in [-0.05, 0) is 36.1 Å². The van der Waals surface area contributed by atoms with Crippen LogP contribution in [-0.4, -0.2) is 12.6 Å². The molecule has 1 fully saturated rings. The summed E-state index contributed by atoms with van der Waals surface area (Å²) in [7, 11) is 0. The molecule has 3 unspecified atom stereocenters. The zero-order chi connectivity index (χ0) is 13.2. The highest BCUT2D eigenvalue weighted by molar-refractivity contribution is 7.10. The van der Waals surface area contributed by atoms with E-state index in [0.29, 0.717) is 6.04 Å².